The quantitative estimate of drug-likeness (QED) is 0.935. The molecule has 0 amide bonds. The van der Waals surface area contributed by atoms with Gasteiger partial charge in [-0.05, 0) is 54.4 Å². The number of benzene rings is 1. The molecule has 1 heterocycles. The number of nitrogens with zero attached hydrogens (tertiary/aromatic N) is 2. The summed E-state index contributed by atoms with van der Waals surface area (Å²) >= 11 is 3.53. The third kappa shape index (κ3) is 3.10. The van der Waals surface area contributed by atoms with Crippen LogP contribution >= 0.6 is 15.9 Å². The van der Waals surface area contributed by atoms with Crippen LogP contribution in [0.2, 0.25) is 0 Å². The van der Waals surface area contributed by atoms with Gasteiger partial charge in [0.2, 0.25) is 0 Å². The molecule has 2 rings (SSSR count). The second kappa shape index (κ2) is 5.65. The predicted molar refractivity (Wildman–Crippen MR) is 77.5 cm³/mol. The molecule has 0 atom stereocenters. The van der Waals surface area contributed by atoms with Gasteiger partial charge in [0.25, 0.3) is 0 Å². The van der Waals surface area contributed by atoms with Crippen LogP contribution < -0.4 is 4.74 Å². The number of phenolic OH excluding ortho intramolecular Hbond substituents is 1. The first-order valence-corrected chi connectivity index (χ1v) is 6.95. The van der Waals surface area contributed by atoms with Gasteiger partial charge in [-0.25, -0.2) is 0 Å². The van der Waals surface area contributed by atoms with E-state index in [0.29, 0.717) is 12.4 Å². The van der Waals surface area contributed by atoms with Crippen molar-refractivity contribution in [3.63, 3.8) is 0 Å². The molecule has 0 unspecified atom stereocenters. The van der Waals surface area contributed by atoms with E-state index in [9.17, 15) is 5.11 Å². The van der Waals surface area contributed by atoms with Crippen LogP contribution in [0.1, 0.15) is 23.9 Å². The van der Waals surface area contributed by atoms with E-state index >= 15 is 0 Å². The lowest BCUT2D eigenvalue weighted by Gasteiger charge is -2.09. The summed E-state index contributed by atoms with van der Waals surface area (Å²) in [6, 6.07) is 5.21. The zero-order valence-corrected chi connectivity index (χ0v) is 12.9. The summed E-state index contributed by atoms with van der Waals surface area (Å²) < 4.78 is 8.63. The Hall–Kier alpha value is -1.49. The number of halogens is 1. The summed E-state index contributed by atoms with van der Waals surface area (Å²) in [4.78, 5) is 0. The maximum atomic E-state index is 9.54. The van der Waals surface area contributed by atoms with Crippen molar-refractivity contribution in [1.82, 2.24) is 9.78 Å². The molecule has 0 aliphatic carbocycles. The second-order valence-electron chi connectivity index (χ2n) is 4.45. The summed E-state index contributed by atoms with van der Waals surface area (Å²) in [6.45, 7) is 7.13. The molecule has 0 bridgehead atoms. The fourth-order valence-electron chi connectivity index (χ4n) is 1.97. The van der Waals surface area contributed by atoms with Crippen LogP contribution in [0.25, 0.3) is 0 Å². The average molecular weight is 325 g/mol. The Kier molecular flexibility index (Phi) is 4.14. The number of aryl methyl sites for hydroxylation is 3. The molecule has 1 aromatic carbocycles. The Bertz CT molecular complexity index is 573. The van der Waals surface area contributed by atoms with E-state index in [0.717, 1.165) is 28.0 Å². The van der Waals surface area contributed by atoms with Crippen molar-refractivity contribution in [2.45, 2.75) is 33.9 Å². The summed E-state index contributed by atoms with van der Waals surface area (Å²) in [5.74, 6) is 0.875. The van der Waals surface area contributed by atoms with Crippen LogP contribution in [0.3, 0.4) is 0 Å². The molecule has 102 valence electrons. The lowest BCUT2D eigenvalue weighted by atomic mass is 10.2. The average Bonchev–Trinajstić information content (AvgIpc) is 2.62. The van der Waals surface area contributed by atoms with Gasteiger partial charge in [0.1, 0.15) is 18.1 Å². The van der Waals surface area contributed by atoms with E-state index in [-0.39, 0.29) is 5.75 Å². The van der Waals surface area contributed by atoms with Crippen molar-refractivity contribution >= 4 is 15.9 Å². The summed E-state index contributed by atoms with van der Waals surface area (Å²) in [7, 11) is 0. The summed E-state index contributed by atoms with van der Waals surface area (Å²) in [5.41, 5.74) is 2.92. The molecule has 4 nitrogen and oxygen atoms in total. The highest BCUT2D eigenvalue weighted by Crippen LogP contribution is 2.25. The highest BCUT2D eigenvalue weighted by Gasteiger charge is 2.12. The molecule has 0 spiro atoms. The molecular formula is C14H17BrN2O2. The first-order valence-electron chi connectivity index (χ1n) is 6.16. The molecule has 0 fully saturated rings. The zero-order chi connectivity index (χ0) is 14.0. The van der Waals surface area contributed by atoms with Gasteiger partial charge < -0.3 is 9.84 Å². The third-order valence-corrected chi connectivity index (χ3v) is 3.90. The summed E-state index contributed by atoms with van der Waals surface area (Å²) in [6.07, 6.45) is 0. The van der Waals surface area contributed by atoms with E-state index in [4.69, 9.17) is 4.74 Å². The largest absolute Gasteiger partial charge is 0.508 e. The van der Waals surface area contributed by atoms with Gasteiger partial charge >= 0.3 is 0 Å². The number of hydrogen-bond acceptors (Lipinski definition) is 3. The molecule has 0 aliphatic heterocycles. The number of aromatic nitrogens is 2. The minimum absolute atomic E-state index is 0.217. The predicted octanol–water partition coefficient (Wildman–Crippen LogP) is 3.57. The molecule has 2 aromatic rings. The Morgan fingerprint density at radius 1 is 1.32 bits per heavy atom. The van der Waals surface area contributed by atoms with Crippen LogP contribution in [0.15, 0.2) is 22.7 Å². The monoisotopic (exact) mass is 324 g/mol. The van der Waals surface area contributed by atoms with Crippen LogP contribution in [-0.4, -0.2) is 14.9 Å². The van der Waals surface area contributed by atoms with Gasteiger partial charge in [-0.15, -0.1) is 0 Å². The number of hydrogen-bond donors (Lipinski definition) is 1. The molecule has 5 heteroatoms. The van der Waals surface area contributed by atoms with Gasteiger partial charge in [0.15, 0.2) is 0 Å². The van der Waals surface area contributed by atoms with Crippen molar-refractivity contribution in [2.75, 3.05) is 0 Å². The number of phenols is 1. The molecule has 1 N–H and O–H groups in total. The normalized spacial score (nSPS) is 10.7. The van der Waals surface area contributed by atoms with E-state index in [1.807, 2.05) is 31.5 Å². The first-order chi connectivity index (χ1) is 9.01. The fourth-order valence-corrected chi connectivity index (χ4v) is 2.37. The molecular weight excluding hydrogens is 308 g/mol. The SMILES string of the molecule is CCn1nc(C)c(Br)c1COc1cc(C)cc(O)c1. The van der Waals surface area contributed by atoms with Gasteiger partial charge in [-0.2, -0.15) is 5.10 Å². The molecule has 1 aromatic heterocycles. The topological polar surface area (TPSA) is 47.3 Å². The zero-order valence-electron chi connectivity index (χ0n) is 11.3. The highest BCUT2D eigenvalue weighted by atomic mass is 79.9. The number of ether oxygens (including phenoxy) is 1. The van der Waals surface area contributed by atoms with Crippen molar-refractivity contribution in [3.8, 4) is 11.5 Å². The van der Waals surface area contributed by atoms with Gasteiger partial charge in [-0.1, -0.05) is 0 Å². The third-order valence-electron chi connectivity index (χ3n) is 2.86. The lowest BCUT2D eigenvalue weighted by molar-refractivity contribution is 0.290. The Morgan fingerprint density at radius 2 is 2.05 bits per heavy atom. The van der Waals surface area contributed by atoms with Gasteiger partial charge in [-0.3, -0.25) is 4.68 Å². The number of rotatable bonds is 4. The standard InChI is InChI=1S/C14H17BrN2O2/c1-4-17-13(14(15)10(3)16-17)8-19-12-6-9(2)5-11(18)7-12/h5-7,18H,4,8H2,1-3H3. The number of aromatic hydroxyl groups is 1. The molecule has 0 aliphatic rings. The molecule has 0 saturated heterocycles. The molecule has 0 saturated carbocycles. The van der Waals surface area contributed by atoms with Crippen LogP contribution in [0.5, 0.6) is 11.5 Å². The smallest absolute Gasteiger partial charge is 0.131 e. The minimum Gasteiger partial charge on any atom is -0.508 e. The second-order valence-corrected chi connectivity index (χ2v) is 5.25. The van der Waals surface area contributed by atoms with E-state index in [2.05, 4.69) is 21.0 Å². The lowest BCUT2D eigenvalue weighted by Crippen LogP contribution is -2.06. The Labute approximate surface area is 121 Å². The molecule has 19 heavy (non-hydrogen) atoms. The maximum absolute atomic E-state index is 9.54. The van der Waals surface area contributed by atoms with Crippen LogP contribution in [-0.2, 0) is 13.2 Å². The first kappa shape index (κ1) is 13.9. The summed E-state index contributed by atoms with van der Waals surface area (Å²) in [5, 5.41) is 14.0. The van der Waals surface area contributed by atoms with E-state index in [1.54, 1.807) is 12.1 Å². The highest BCUT2D eigenvalue weighted by molar-refractivity contribution is 9.10. The van der Waals surface area contributed by atoms with Crippen molar-refractivity contribution in [1.29, 1.82) is 0 Å². The van der Waals surface area contributed by atoms with Crippen LogP contribution in [0.4, 0.5) is 0 Å². The Morgan fingerprint density at radius 3 is 2.68 bits per heavy atom. The minimum atomic E-state index is 0.217. The Balaban J connectivity index is 2.18. The van der Waals surface area contributed by atoms with Crippen molar-refractivity contribution in [2.24, 2.45) is 0 Å². The maximum Gasteiger partial charge on any atom is 0.131 e. The van der Waals surface area contributed by atoms with Gasteiger partial charge in [0, 0.05) is 12.6 Å². The molecule has 0 radical (unpaired) electrons. The van der Waals surface area contributed by atoms with Gasteiger partial charge in [0.05, 0.1) is 15.9 Å². The fraction of sp³-hybridized carbons (Fsp3) is 0.357. The van der Waals surface area contributed by atoms with E-state index in [1.165, 1.54) is 0 Å². The van der Waals surface area contributed by atoms with Crippen LogP contribution in [0, 0.1) is 13.8 Å². The van der Waals surface area contributed by atoms with Crippen molar-refractivity contribution < 1.29 is 9.84 Å². The van der Waals surface area contributed by atoms with Crippen molar-refractivity contribution in [3.05, 3.63) is 39.6 Å². The van der Waals surface area contributed by atoms with E-state index < -0.39 is 0 Å².